The first-order chi connectivity index (χ1) is 8.66. The first kappa shape index (κ1) is 12.4. The Labute approximate surface area is 108 Å². The molecule has 0 saturated heterocycles. The van der Waals surface area contributed by atoms with Crippen molar-refractivity contribution < 1.29 is 4.79 Å². The Balaban J connectivity index is 2.04. The van der Waals surface area contributed by atoms with Gasteiger partial charge in [0.2, 0.25) is 0 Å². The Hall–Kier alpha value is -2.09. The molecule has 0 aliphatic heterocycles. The minimum atomic E-state index is 0.122. The van der Waals surface area contributed by atoms with Gasteiger partial charge in [-0.3, -0.25) is 4.79 Å². The molecule has 0 aromatic heterocycles. The third-order valence-electron chi connectivity index (χ3n) is 2.91. The van der Waals surface area contributed by atoms with Gasteiger partial charge in [-0.1, -0.05) is 42.0 Å². The van der Waals surface area contributed by atoms with Gasteiger partial charge < -0.3 is 5.32 Å². The lowest BCUT2D eigenvalue weighted by molar-refractivity contribution is 0.101. The maximum absolute atomic E-state index is 12.1. The van der Waals surface area contributed by atoms with Crippen molar-refractivity contribution in [3.05, 3.63) is 65.2 Å². The van der Waals surface area contributed by atoms with Gasteiger partial charge in [0.1, 0.15) is 0 Å². The molecule has 0 spiro atoms. The van der Waals surface area contributed by atoms with Gasteiger partial charge in [-0.2, -0.15) is 0 Å². The Morgan fingerprint density at radius 3 is 2.44 bits per heavy atom. The number of para-hydroxylation sites is 1. The van der Waals surface area contributed by atoms with Gasteiger partial charge in [-0.25, -0.2) is 0 Å². The molecule has 2 nitrogen and oxygen atoms in total. The lowest BCUT2D eigenvalue weighted by Crippen LogP contribution is -2.15. The molecule has 0 radical (unpaired) electrons. The van der Waals surface area contributed by atoms with Gasteiger partial charge in [-0.05, 0) is 31.5 Å². The summed E-state index contributed by atoms with van der Waals surface area (Å²) in [5, 5.41) is 3.14. The Morgan fingerprint density at radius 1 is 1.06 bits per heavy atom. The highest BCUT2D eigenvalue weighted by Crippen LogP contribution is 2.12. The largest absolute Gasteiger partial charge is 0.378 e. The fraction of sp³-hybridized carbons (Fsp3) is 0.188. The molecular formula is C16H17NO. The summed E-state index contributed by atoms with van der Waals surface area (Å²) in [6.07, 6.45) is 0. The fourth-order valence-corrected chi connectivity index (χ4v) is 1.96. The third-order valence-corrected chi connectivity index (χ3v) is 2.91. The molecule has 0 amide bonds. The van der Waals surface area contributed by atoms with Crippen LogP contribution in [0.4, 0.5) is 5.69 Å². The van der Waals surface area contributed by atoms with Crippen molar-refractivity contribution in [3.8, 4) is 0 Å². The molecule has 2 aromatic carbocycles. The van der Waals surface area contributed by atoms with Crippen LogP contribution in [0.2, 0.25) is 0 Å². The van der Waals surface area contributed by atoms with E-state index >= 15 is 0 Å². The molecule has 0 saturated carbocycles. The van der Waals surface area contributed by atoms with Crippen molar-refractivity contribution in [1.29, 1.82) is 0 Å². The highest BCUT2D eigenvalue weighted by molar-refractivity contribution is 6.00. The van der Waals surface area contributed by atoms with Crippen molar-refractivity contribution in [2.75, 3.05) is 11.9 Å². The Bertz CT molecular complexity index is 546. The number of aryl methyl sites for hydroxylation is 2. The number of hydrogen-bond donors (Lipinski definition) is 1. The van der Waals surface area contributed by atoms with E-state index in [2.05, 4.69) is 5.32 Å². The van der Waals surface area contributed by atoms with Gasteiger partial charge in [0, 0.05) is 11.3 Å². The lowest BCUT2D eigenvalue weighted by Gasteiger charge is -2.08. The molecule has 0 bridgehead atoms. The van der Waals surface area contributed by atoms with E-state index in [-0.39, 0.29) is 5.78 Å². The first-order valence-electron chi connectivity index (χ1n) is 6.06. The molecule has 0 heterocycles. The number of hydrogen-bond acceptors (Lipinski definition) is 2. The van der Waals surface area contributed by atoms with Crippen LogP contribution >= 0.6 is 0 Å². The van der Waals surface area contributed by atoms with Crippen molar-refractivity contribution in [2.45, 2.75) is 13.8 Å². The summed E-state index contributed by atoms with van der Waals surface area (Å²) in [7, 11) is 0. The van der Waals surface area contributed by atoms with E-state index in [9.17, 15) is 4.79 Å². The predicted octanol–water partition coefficient (Wildman–Crippen LogP) is 3.60. The highest BCUT2D eigenvalue weighted by Gasteiger charge is 2.08. The zero-order chi connectivity index (χ0) is 13.0. The second-order valence-electron chi connectivity index (χ2n) is 4.46. The standard InChI is InChI=1S/C16H17NO/c1-12-8-9-15(13(2)10-12)16(18)11-17-14-6-4-3-5-7-14/h3-10,17H,11H2,1-2H3. The molecular weight excluding hydrogens is 222 g/mol. The summed E-state index contributed by atoms with van der Waals surface area (Å²) in [6, 6.07) is 15.7. The van der Waals surface area contributed by atoms with Crippen molar-refractivity contribution >= 4 is 11.5 Å². The smallest absolute Gasteiger partial charge is 0.182 e. The second kappa shape index (κ2) is 5.50. The Morgan fingerprint density at radius 2 is 1.78 bits per heavy atom. The molecule has 0 fully saturated rings. The zero-order valence-corrected chi connectivity index (χ0v) is 10.7. The van der Waals surface area contributed by atoms with Gasteiger partial charge in [0.25, 0.3) is 0 Å². The summed E-state index contributed by atoms with van der Waals surface area (Å²) in [5.41, 5.74) is 3.98. The van der Waals surface area contributed by atoms with Crippen molar-refractivity contribution in [3.63, 3.8) is 0 Å². The normalized spacial score (nSPS) is 10.1. The molecule has 0 aliphatic carbocycles. The minimum absolute atomic E-state index is 0.122. The SMILES string of the molecule is Cc1ccc(C(=O)CNc2ccccc2)c(C)c1. The van der Waals surface area contributed by atoms with E-state index in [1.165, 1.54) is 5.56 Å². The monoisotopic (exact) mass is 239 g/mol. The second-order valence-corrected chi connectivity index (χ2v) is 4.46. The quantitative estimate of drug-likeness (QED) is 0.826. The molecule has 2 rings (SSSR count). The van der Waals surface area contributed by atoms with E-state index in [0.29, 0.717) is 6.54 Å². The van der Waals surface area contributed by atoms with Gasteiger partial charge in [0.15, 0.2) is 5.78 Å². The van der Waals surface area contributed by atoms with Crippen LogP contribution in [0, 0.1) is 13.8 Å². The molecule has 2 aromatic rings. The third kappa shape index (κ3) is 2.98. The molecule has 18 heavy (non-hydrogen) atoms. The molecule has 0 atom stereocenters. The first-order valence-corrected chi connectivity index (χ1v) is 6.06. The number of Topliss-reactive ketones (excluding diaryl/α,β-unsaturated/α-hetero) is 1. The number of nitrogens with one attached hydrogen (secondary N) is 1. The van der Waals surface area contributed by atoms with Crippen LogP contribution in [0.5, 0.6) is 0 Å². The van der Waals surface area contributed by atoms with E-state index in [4.69, 9.17) is 0 Å². The Kier molecular flexibility index (Phi) is 3.78. The number of rotatable bonds is 4. The van der Waals surface area contributed by atoms with Crippen LogP contribution in [-0.4, -0.2) is 12.3 Å². The van der Waals surface area contributed by atoms with Crippen LogP contribution in [-0.2, 0) is 0 Å². The predicted molar refractivity (Wildman–Crippen MR) is 75.2 cm³/mol. The summed E-state index contributed by atoms with van der Waals surface area (Å²) < 4.78 is 0. The van der Waals surface area contributed by atoms with E-state index in [1.54, 1.807) is 0 Å². The number of carbonyl (C=O) groups is 1. The van der Waals surface area contributed by atoms with Crippen LogP contribution in [0.3, 0.4) is 0 Å². The van der Waals surface area contributed by atoms with Crippen LogP contribution in [0.25, 0.3) is 0 Å². The molecule has 92 valence electrons. The van der Waals surface area contributed by atoms with Gasteiger partial charge in [-0.15, -0.1) is 0 Å². The fourth-order valence-electron chi connectivity index (χ4n) is 1.96. The van der Waals surface area contributed by atoms with Crippen LogP contribution in [0.1, 0.15) is 21.5 Å². The van der Waals surface area contributed by atoms with E-state index in [0.717, 1.165) is 16.8 Å². The van der Waals surface area contributed by atoms with E-state index in [1.807, 2.05) is 62.4 Å². The molecule has 1 N–H and O–H groups in total. The minimum Gasteiger partial charge on any atom is -0.378 e. The average Bonchev–Trinajstić information content (AvgIpc) is 2.37. The van der Waals surface area contributed by atoms with Gasteiger partial charge >= 0.3 is 0 Å². The summed E-state index contributed by atoms with van der Waals surface area (Å²) in [6.45, 7) is 4.33. The topological polar surface area (TPSA) is 29.1 Å². The summed E-state index contributed by atoms with van der Waals surface area (Å²) >= 11 is 0. The van der Waals surface area contributed by atoms with Crippen LogP contribution in [0.15, 0.2) is 48.5 Å². The zero-order valence-electron chi connectivity index (χ0n) is 10.7. The highest BCUT2D eigenvalue weighted by atomic mass is 16.1. The number of carbonyl (C=O) groups excluding carboxylic acids is 1. The number of benzene rings is 2. The van der Waals surface area contributed by atoms with Crippen LogP contribution < -0.4 is 5.32 Å². The molecule has 0 aliphatic rings. The summed E-state index contributed by atoms with van der Waals surface area (Å²) in [4.78, 5) is 12.1. The van der Waals surface area contributed by atoms with Crippen molar-refractivity contribution in [2.24, 2.45) is 0 Å². The maximum atomic E-state index is 12.1. The number of anilines is 1. The molecule has 2 heteroatoms. The molecule has 0 unspecified atom stereocenters. The van der Waals surface area contributed by atoms with Gasteiger partial charge in [0.05, 0.1) is 6.54 Å². The average molecular weight is 239 g/mol. The summed E-state index contributed by atoms with van der Waals surface area (Å²) in [5.74, 6) is 0.122. The maximum Gasteiger partial charge on any atom is 0.182 e. The van der Waals surface area contributed by atoms with E-state index < -0.39 is 0 Å². The number of ketones is 1. The lowest BCUT2D eigenvalue weighted by atomic mass is 10.0. The van der Waals surface area contributed by atoms with Crippen molar-refractivity contribution in [1.82, 2.24) is 0 Å².